The first-order valence-corrected chi connectivity index (χ1v) is 15.1. The molecule has 3 aromatic carbocycles. The Morgan fingerprint density at radius 1 is 0.891 bits per heavy atom. The number of ether oxygens (including phenoxy) is 2. The van der Waals surface area contributed by atoms with Crippen LogP contribution >= 0.6 is 0 Å². The third kappa shape index (κ3) is 9.66. The van der Waals surface area contributed by atoms with E-state index in [1.807, 2.05) is 51.3 Å². The van der Waals surface area contributed by atoms with Crippen molar-refractivity contribution in [2.75, 3.05) is 13.7 Å². The zero-order valence-electron chi connectivity index (χ0n) is 27.4. The largest absolute Gasteiger partial charge is 0.481 e. The van der Waals surface area contributed by atoms with E-state index in [1.165, 1.54) is 12.1 Å². The van der Waals surface area contributed by atoms with E-state index >= 15 is 4.39 Å². The van der Waals surface area contributed by atoms with Gasteiger partial charge in [0.15, 0.2) is 0 Å². The minimum atomic E-state index is -0.915. The topological polar surface area (TPSA) is 121 Å². The maximum absolute atomic E-state index is 15.4. The van der Waals surface area contributed by atoms with Crippen molar-refractivity contribution in [2.24, 2.45) is 0 Å². The molecular formula is C36H44F2N4O4. The Morgan fingerprint density at radius 2 is 1.61 bits per heavy atom. The second-order valence-corrected chi connectivity index (χ2v) is 9.79. The van der Waals surface area contributed by atoms with E-state index in [4.69, 9.17) is 14.5 Å². The van der Waals surface area contributed by atoms with E-state index in [0.29, 0.717) is 58.3 Å². The van der Waals surface area contributed by atoms with Crippen LogP contribution in [0.2, 0.25) is 0 Å². The second kappa shape index (κ2) is 18.3. The van der Waals surface area contributed by atoms with Gasteiger partial charge in [-0.3, -0.25) is 4.79 Å². The molecule has 2 heterocycles. The number of carboxylic acids is 1. The number of aromatic nitrogens is 3. The van der Waals surface area contributed by atoms with Crippen LogP contribution in [0, 0.1) is 18.6 Å². The van der Waals surface area contributed by atoms with Crippen LogP contribution in [0.1, 0.15) is 55.8 Å². The van der Waals surface area contributed by atoms with Gasteiger partial charge in [0.1, 0.15) is 24.1 Å². The van der Waals surface area contributed by atoms with Crippen LogP contribution in [0.5, 0.6) is 5.88 Å². The van der Waals surface area contributed by atoms with Crippen LogP contribution < -0.4 is 10.9 Å². The maximum Gasteiger partial charge on any atom is 0.307 e. The Morgan fingerprint density at radius 3 is 2.28 bits per heavy atom. The van der Waals surface area contributed by atoms with Crippen LogP contribution in [0.3, 0.4) is 0 Å². The summed E-state index contributed by atoms with van der Waals surface area (Å²) in [6, 6.07) is 20.4. The van der Waals surface area contributed by atoms with Crippen LogP contribution in [0.25, 0.3) is 22.3 Å². The number of carbonyl (C=O) groups is 1. The van der Waals surface area contributed by atoms with E-state index in [2.05, 4.69) is 4.98 Å². The quantitative estimate of drug-likeness (QED) is 0.150. The van der Waals surface area contributed by atoms with Crippen molar-refractivity contribution in [3.63, 3.8) is 0 Å². The third-order valence-corrected chi connectivity index (χ3v) is 6.77. The second-order valence-electron chi connectivity index (χ2n) is 9.79. The summed E-state index contributed by atoms with van der Waals surface area (Å²) in [5.41, 5.74) is 4.94. The summed E-state index contributed by atoms with van der Waals surface area (Å²) in [5.74, 6) is -0.708. The van der Waals surface area contributed by atoms with Crippen molar-refractivity contribution < 1.29 is 28.2 Å². The molecule has 5 rings (SSSR count). The molecule has 246 valence electrons. The van der Waals surface area contributed by atoms with Crippen molar-refractivity contribution in [2.45, 2.75) is 60.6 Å². The van der Waals surface area contributed by atoms with Crippen LogP contribution in [0.4, 0.5) is 8.78 Å². The number of methoxy groups -OCH3 is 1. The summed E-state index contributed by atoms with van der Waals surface area (Å²) in [4.78, 5) is 20.4. The highest BCUT2D eigenvalue weighted by molar-refractivity contribution is 5.79. The molecule has 8 nitrogen and oxygen atoms in total. The van der Waals surface area contributed by atoms with Gasteiger partial charge in [0.25, 0.3) is 0 Å². The van der Waals surface area contributed by atoms with Crippen LogP contribution in [-0.2, 0) is 35.5 Å². The molecule has 0 aliphatic heterocycles. The van der Waals surface area contributed by atoms with E-state index < -0.39 is 11.8 Å². The van der Waals surface area contributed by atoms with Gasteiger partial charge in [0.05, 0.1) is 29.8 Å². The number of halogens is 2. The van der Waals surface area contributed by atoms with Crippen molar-refractivity contribution in [1.29, 1.82) is 0 Å². The first-order valence-electron chi connectivity index (χ1n) is 15.1. The van der Waals surface area contributed by atoms with Gasteiger partial charge in [-0.25, -0.2) is 18.7 Å². The summed E-state index contributed by atoms with van der Waals surface area (Å²) in [6.07, 6.45) is 0.136. The van der Waals surface area contributed by atoms with E-state index in [1.54, 1.807) is 55.6 Å². The lowest BCUT2D eigenvalue weighted by molar-refractivity contribution is -0.136. The normalized spacial score (nSPS) is 10.3. The highest BCUT2D eigenvalue weighted by atomic mass is 19.1. The van der Waals surface area contributed by atoms with Gasteiger partial charge in [-0.05, 0) is 53.9 Å². The summed E-state index contributed by atoms with van der Waals surface area (Å²) in [5, 5.41) is 9.18. The Kier molecular flexibility index (Phi) is 15.0. The lowest BCUT2D eigenvalue weighted by atomic mass is 10.1. The Bertz CT molecular complexity index is 1720. The molecule has 0 saturated heterocycles. The molecule has 0 amide bonds. The zero-order valence-corrected chi connectivity index (χ0v) is 27.4. The standard InChI is InChI=1S/C32H29F2N3O4.2C2H6.H3N/c1-20-6-8-24(25(33)14-20)19-41-31-5-3-4-27(36-31)23-10-9-22(26(34)17-23)18-30-35-28-11-7-21(16-32(38)39)15-29(28)37(30)12-13-40-2;2*1-2;/h3-11,14-15,17H,12-13,16,18-19H2,1-2H3,(H,38,39);2*1-2H3;1H3. The first-order chi connectivity index (χ1) is 21.8. The van der Waals surface area contributed by atoms with E-state index in [9.17, 15) is 14.3 Å². The van der Waals surface area contributed by atoms with Gasteiger partial charge in [-0.1, -0.05) is 64.1 Å². The predicted octanol–water partition coefficient (Wildman–Crippen LogP) is 8.34. The maximum atomic E-state index is 15.4. The zero-order chi connectivity index (χ0) is 32.9. The Balaban J connectivity index is 0.00000142. The Hall–Kier alpha value is -4.67. The third-order valence-electron chi connectivity index (χ3n) is 6.77. The van der Waals surface area contributed by atoms with E-state index in [-0.39, 0.29) is 31.4 Å². The molecule has 10 heteroatoms. The molecule has 0 bridgehead atoms. The number of aliphatic carboxylic acids is 1. The molecule has 0 aliphatic rings. The molecule has 46 heavy (non-hydrogen) atoms. The lowest BCUT2D eigenvalue weighted by Gasteiger charge is -2.11. The molecule has 0 radical (unpaired) electrons. The smallest absolute Gasteiger partial charge is 0.307 e. The lowest BCUT2D eigenvalue weighted by Crippen LogP contribution is -2.10. The number of benzene rings is 3. The number of fused-ring (bicyclic) bond motifs is 1. The molecule has 0 saturated carbocycles. The van der Waals surface area contributed by atoms with Crippen molar-refractivity contribution in [3.8, 4) is 17.1 Å². The van der Waals surface area contributed by atoms with Crippen LogP contribution in [-0.4, -0.2) is 39.3 Å². The fourth-order valence-corrected chi connectivity index (χ4v) is 4.67. The van der Waals surface area contributed by atoms with Gasteiger partial charge in [-0.15, -0.1) is 0 Å². The fourth-order valence-electron chi connectivity index (χ4n) is 4.67. The SMILES string of the molecule is CC.CC.COCCn1c(Cc2ccc(-c3cccc(OCc4ccc(C)cc4F)n3)cc2F)nc2ccc(CC(=O)O)cc21.N. The van der Waals surface area contributed by atoms with Crippen LogP contribution in [0.15, 0.2) is 72.8 Å². The van der Waals surface area contributed by atoms with Gasteiger partial charge >= 0.3 is 5.97 Å². The summed E-state index contributed by atoms with van der Waals surface area (Å²) in [7, 11) is 1.60. The number of aryl methyl sites for hydroxylation is 1. The summed E-state index contributed by atoms with van der Waals surface area (Å²) >= 11 is 0. The molecule has 5 aromatic rings. The number of hydrogen-bond acceptors (Lipinski definition) is 6. The number of nitrogens with zero attached hydrogens (tertiary/aromatic N) is 3. The summed E-state index contributed by atoms with van der Waals surface area (Å²) < 4.78 is 42.5. The molecule has 0 aliphatic carbocycles. The molecule has 0 atom stereocenters. The highest BCUT2D eigenvalue weighted by Crippen LogP contribution is 2.26. The average Bonchev–Trinajstić information content (AvgIpc) is 3.38. The molecule has 2 aromatic heterocycles. The molecular weight excluding hydrogens is 590 g/mol. The molecule has 0 unspecified atom stereocenters. The predicted molar refractivity (Wildman–Crippen MR) is 179 cm³/mol. The number of imidazole rings is 1. The average molecular weight is 635 g/mol. The van der Waals surface area contributed by atoms with Crippen molar-refractivity contribution in [1.82, 2.24) is 20.7 Å². The van der Waals surface area contributed by atoms with Gasteiger partial charge in [-0.2, -0.15) is 0 Å². The number of pyridine rings is 1. The van der Waals surface area contributed by atoms with E-state index in [0.717, 1.165) is 11.1 Å². The number of hydrogen-bond donors (Lipinski definition) is 2. The highest BCUT2D eigenvalue weighted by Gasteiger charge is 2.16. The number of carboxylic acid groups (broad SMARTS) is 1. The molecule has 4 N–H and O–H groups in total. The van der Waals surface area contributed by atoms with Gasteiger partial charge in [0.2, 0.25) is 5.88 Å². The van der Waals surface area contributed by atoms with Gasteiger partial charge < -0.3 is 25.3 Å². The molecule has 0 fully saturated rings. The monoisotopic (exact) mass is 634 g/mol. The van der Waals surface area contributed by atoms with Gasteiger partial charge in [0, 0.05) is 37.3 Å². The number of rotatable bonds is 11. The minimum Gasteiger partial charge on any atom is -0.481 e. The van der Waals surface area contributed by atoms with Crippen molar-refractivity contribution >= 4 is 17.0 Å². The summed E-state index contributed by atoms with van der Waals surface area (Å²) in [6.45, 7) is 10.8. The minimum absolute atomic E-state index is 0. The molecule has 0 spiro atoms. The van der Waals surface area contributed by atoms with Crippen molar-refractivity contribution in [3.05, 3.63) is 113 Å². The fraction of sp³-hybridized carbons (Fsp3) is 0.306. The Labute approximate surface area is 269 Å². The first kappa shape index (κ1) is 37.5.